The average molecular weight is 452 g/mol. The molecule has 0 aliphatic rings. The Balaban J connectivity index is 1.32. The predicted octanol–water partition coefficient (Wildman–Crippen LogP) is 4.89. The topological polar surface area (TPSA) is 72.7 Å². The largest absolute Gasteiger partial charge is 0.351 e. The quantitative estimate of drug-likeness (QED) is 0.357. The highest BCUT2D eigenvalue weighted by Crippen LogP contribution is 2.27. The van der Waals surface area contributed by atoms with Gasteiger partial charge in [0.2, 0.25) is 5.91 Å². The van der Waals surface area contributed by atoms with Crippen molar-refractivity contribution in [2.45, 2.75) is 11.7 Å². The summed E-state index contributed by atoms with van der Waals surface area (Å²) >= 11 is 1.36. The van der Waals surface area contributed by atoms with Crippen LogP contribution < -0.4 is 5.32 Å². The van der Waals surface area contributed by atoms with Gasteiger partial charge in [-0.05, 0) is 40.6 Å². The Morgan fingerprint density at radius 2 is 1.70 bits per heavy atom. The second-order valence-corrected chi connectivity index (χ2v) is 8.37. The lowest BCUT2D eigenvalue weighted by molar-refractivity contribution is -0.118. The first kappa shape index (κ1) is 20.9. The molecule has 1 N–H and O–H groups in total. The Morgan fingerprint density at radius 1 is 0.879 bits per heavy atom. The van der Waals surface area contributed by atoms with Gasteiger partial charge in [0.05, 0.1) is 5.75 Å². The molecule has 0 aliphatic carbocycles. The second-order valence-electron chi connectivity index (χ2n) is 7.42. The van der Waals surface area contributed by atoms with Crippen LogP contribution in [0.4, 0.5) is 0 Å². The lowest BCUT2D eigenvalue weighted by Crippen LogP contribution is -2.24. The number of nitrogens with zero attached hydrogens (tertiary/aromatic N) is 4. The van der Waals surface area contributed by atoms with Crippen LogP contribution in [0.2, 0.25) is 0 Å². The molecule has 0 bridgehead atoms. The average Bonchev–Trinajstić information content (AvgIpc) is 3.31. The van der Waals surface area contributed by atoms with E-state index < -0.39 is 0 Å². The van der Waals surface area contributed by atoms with Gasteiger partial charge >= 0.3 is 0 Å². The number of thioether (sulfide) groups is 1. The van der Waals surface area contributed by atoms with Crippen LogP contribution in [0.3, 0.4) is 0 Å². The van der Waals surface area contributed by atoms with Crippen molar-refractivity contribution in [2.24, 2.45) is 0 Å². The van der Waals surface area contributed by atoms with Crippen LogP contribution in [-0.2, 0) is 11.3 Å². The zero-order chi connectivity index (χ0) is 22.5. The third-order valence-corrected chi connectivity index (χ3v) is 6.18. The number of fused-ring (bicyclic) bond motifs is 1. The van der Waals surface area contributed by atoms with Gasteiger partial charge in [-0.2, -0.15) is 0 Å². The highest BCUT2D eigenvalue weighted by atomic mass is 32.2. The van der Waals surface area contributed by atoms with Crippen LogP contribution in [0.5, 0.6) is 0 Å². The predicted molar refractivity (Wildman–Crippen MR) is 131 cm³/mol. The molecule has 0 saturated heterocycles. The van der Waals surface area contributed by atoms with Crippen molar-refractivity contribution >= 4 is 28.4 Å². The fourth-order valence-corrected chi connectivity index (χ4v) is 4.46. The van der Waals surface area contributed by atoms with E-state index >= 15 is 0 Å². The Bertz CT molecular complexity index is 1380. The van der Waals surface area contributed by atoms with Gasteiger partial charge in [0.15, 0.2) is 11.0 Å². The first-order valence-electron chi connectivity index (χ1n) is 10.6. The van der Waals surface area contributed by atoms with Crippen molar-refractivity contribution in [3.8, 4) is 17.1 Å². The number of carbonyl (C=O) groups is 1. The van der Waals surface area contributed by atoms with Crippen molar-refractivity contribution in [2.75, 3.05) is 5.75 Å². The summed E-state index contributed by atoms with van der Waals surface area (Å²) in [6, 6.07) is 28.0. The van der Waals surface area contributed by atoms with Crippen LogP contribution in [-0.4, -0.2) is 31.4 Å². The van der Waals surface area contributed by atoms with Crippen LogP contribution in [0.25, 0.3) is 27.8 Å². The van der Waals surface area contributed by atoms with Crippen LogP contribution in [0, 0.1) is 0 Å². The summed E-state index contributed by atoms with van der Waals surface area (Å²) in [7, 11) is 0. The molecule has 0 spiro atoms. The molecule has 2 heterocycles. The number of benzene rings is 3. The molecule has 5 rings (SSSR count). The molecule has 0 atom stereocenters. The molecular weight excluding hydrogens is 430 g/mol. The van der Waals surface area contributed by atoms with Gasteiger partial charge in [-0.25, -0.2) is 0 Å². The molecule has 3 aromatic carbocycles. The monoisotopic (exact) mass is 451 g/mol. The van der Waals surface area contributed by atoms with E-state index in [9.17, 15) is 4.79 Å². The van der Waals surface area contributed by atoms with Gasteiger partial charge in [-0.3, -0.25) is 14.3 Å². The molecule has 33 heavy (non-hydrogen) atoms. The lowest BCUT2D eigenvalue weighted by Gasteiger charge is -2.11. The first-order valence-corrected chi connectivity index (χ1v) is 11.6. The zero-order valence-electron chi connectivity index (χ0n) is 17.8. The summed E-state index contributed by atoms with van der Waals surface area (Å²) < 4.78 is 1.96. The van der Waals surface area contributed by atoms with E-state index in [1.807, 2.05) is 71.3 Å². The summed E-state index contributed by atoms with van der Waals surface area (Å²) in [5.74, 6) is 0.870. The van der Waals surface area contributed by atoms with E-state index in [1.165, 1.54) is 11.8 Å². The number of aromatic nitrogens is 4. The summed E-state index contributed by atoms with van der Waals surface area (Å²) in [4.78, 5) is 16.9. The van der Waals surface area contributed by atoms with E-state index in [1.54, 1.807) is 12.4 Å². The Morgan fingerprint density at radius 3 is 2.55 bits per heavy atom. The standard InChI is InChI=1S/C26H21N5OS/c32-24(28-17-20-10-6-9-19-8-4-5-14-23(19)20)18-33-26-30-29-25(21-11-7-15-27-16-21)31(26)22-12-2-1-3-13-22/h1-16H,17-18H2,(H,28,32). The maximum atomic E-state index is 12.7. The zero-order valence-corrected chi connectivity index (χ0v) is 18.6. The summed E-state index contributed by atoms with van der Waals surface area (Å²) in [5, 5.41) is 14.8. The molecule has 0 aliphatic heterocycles. The van der Waals surface area contributed by atoms with Crippen molar-refractivity contribution in [1.29, 1.82) is 0 Å². The van der Waals surface area contributed by atoms with Crippen LogP contribution >= 0.6 is 11.8 Å². The maximum absolute atomic E-state index is 12.7. The maximum Gasteiger partial charge on any atom is 0.230 e. The van der Waals surface area contributed by atoms with E-state index in [-0.39, 0.29) is 11.7 Å². The molecule has 2 aromatic heterocycles. The van der Waals surface area contributed by atoms with Gasteiger partial charge < -0.3 is 5.32 Å². The van der Waals surface area contributed by atoms with Crippen molar-refractivity contribution < 1.29 is 4.79 Å². The summed E-state index contributed by atoms with van der Waals surface area (Å²) in [6.07, 6.45) is 3.48. The SMILES string of the molecule is O=C(CSc1nnc(-c2cccnc2)n1-c1ccccc1)NCc1cccc2ccccc12. The smallest absolute Gasteiger partial charge is 0.230 e. The van der Waals surface area contributed by atoms with Gasteiger partial charge in [-0.15, -0.1) is 10.2 Å². The first-order chi connectivity index (χ1) is 16.3. The Hall–Kier alpha value is -3.97. The molecule has 6 nitrogen and oxygen atoms in total. The molecule has 5 aromatic rings. The number of carbonyl (C=O) groups excluding carboxylic acids is 1. The highest BCUT2D eigenvalue weighted by Gasteiger charge is 2.17. The van der Waals surface area contributed by atoms with Gasteiger partial charge in [0.1, 0.15) is 0 Å². The van der Waals surface area contributed by atoms with Crippen molar-refractivity contribution in [3.05, 3.63) is 103 Å². The van der Waals surface area contributed by atoms with Crippen LogP contribution in [0.1, 0.15) is 5.56 Å². The van der Waals surface area contributed by atoms with E-state index in [0.29, 0.717) is 17.5 Å². The molecule has 0 saturated carbocycles. The molecule has 0 radical (unpaired) electrons. The van der Waals surface area contributed by atoms with Gasteiger partial charge in [-0.1, -0.05) is 72.4 Å². The van der Waals surface area contributed by atoms with Gasteiger partial charge in [0, 0.05) is 30.2 Å². The molecular formula is C26H21N5OS. The fraction of sp³-hybridized carbons (Fsp3) is 0.0769. The Kier molecular flexibility index (Phi) is 6.12. The number of amides is 1. The molecule has 1 amide bonds. The van der Waals surface area contributed by atoms with Gasteiger partial charge in [0.25, 0.3) is 0 Å². The number of rotatable bonds is 7. The van der Waals surface area contributed by atoms with E-state index in [0.717, 1.165) is 27.6 Å². The molecule has 162 valence electrons. The number of para-hydroxylation sites is 1. The molecule has 0 fully saturated rings. The molecule has 0 unspecified atom stereocenters. The fourth-order valence-electron chi connectivity index (χ4n) is 3.68. The summed E-state index contributed by atoms with van der Waals surface area (Å²) in [6.45, 7) is 0.479. The lowest BCUT2D eigenvalue weighted by atomic mass is 10.0. The summed E-state index contributed by atoms with van der Waals surface area (Å²) in [5.41, 5.74) is 2.89. The third kappa shape index (κ3) is 4.63. The van der Waals surface area contributed by atoms with E-state index in [2.05, 4.69) is 38.7 Å². The van der Waals surface area contributed by atoms with Crippen molar-refractivity contribution in [3.63, 3.8) is 0 Å². The normalized spacial score (nSPS) is 10.9. The minimum Gasteiger partial charge on any atom is -0.351 e. The number of nitrogens with one attached hydrogen (secondary N) is 1. The number of hydrogen-bond acceptors (Lipinski definition) is 5. The molecule has 7 heteroatoms. The number of pyridine rings is 1. The van der Waals surface area contributed by atoms with E-state index in [4.69, 9.17) is 0 Å². The minimum atomic E-state index is -0.0570. The Labute approximate surface area is 195 Å². The van der Waals surface area contributed by atoms with Crippen LogP contribution in [0.15, 0.2) is 102 Å². The number of hydrogen-bond donors (Lipinski definition) is 1. The minimum absolute atomic E-state index is 0.0570. The third-order valence-electron chi connectivity index (χ3n) is 5.26. The van der Waals surface area contributed by atoms with Crippen molar-refractivity contribution in [1.82, 2.24) is 25.1 Å². The highest BCUT2D eigenvalue weighted by molar-refractivity contribution is 7.99. The second kappa shape index (κ2) is 9.67.